The normalized spacial score (nSPS) is 11.0. The number of likely N-dealkylation sites (N-methyl/N-ethyl adjacent to an activating group) is 1. The molecule has 1 aromatic carbocycles. The van der Waals surface area contributed by atoms with Crippen molar-refractivity contribution in [3.05, 3.63) is 48.7 Å². The van der Waals surface area contributed by atoms with E-state index in [1.807, 2.05) is 36.0 Å². The highest BCUT2D eigenvalue weighted by Gasteiger charge is 2.10. The number of amides is 1. The van der Waals surface area contributed by atoms with Crippen LogP contribution in [0.2, 0.25) is 0 Å². The lowest BCUT2D eigenvalue weighted by Crippen LogP contribution is -2.29. The maximum Gasteiger partial charge on any atom is 0.226 e. The number of nitrogens with one attached hydrogen (secondary N) is 1. The Kier molecular flexibility index (Phi) is 4.18. The lowest BCUT2D eigenvalue weighted by molar-refractivity contribution is -0.129. The molecule has 2 heterocycles. The molecule has 0 atom stereocenters. The Morgan fingerprint density at radius 3 is 3.14 bits per heavy atom. The van der Waals surface area contributed by atoms with Crippen LogP contribution in [-0.4, -0.2) is 44.1 Å². The minimum atomic E-state index is 0.133. The fourth-order valence-electron chi connectivity index (χ4n) is 2.45. The molecular weight excluding hydrogens is 278 g/mol. The van der Waals surface area contributed by atoms with Crippen LogP contribution in [0.5, 0.6) is 0 Å². The van der Waals surface area contributed by atoms with Crippen LogP contribution in [0, 0.1) is 0 Å². The van der Waals surface area contributed by atoms with Crippen molar-refractivity contribution < 1.29 is 4.79 Å². The third kappa shape index (κ3) is 3.33. The molecule has 0 aliphatic heterocycles. The van der Waals surface area contributed by atoms with E-state index in [1.165, 1.54) is 0 Å². The molecule has 0 aliphatic carbocycles. The van der Waals surface area contributed by atoms with E-state index in [2.05, 4.69) is 15.2 Å². The van der Waals surface area contributed by atoms with Crippen molar-refractivity contribution in [1.29, 1.82) is 0 Å². The van der Waals surface area contributed by atoms with Gasteiger partial charge in [0.05, 0.1) is 24.5 Å². The van der Waals surface area contributed by atoms with Gasteiger partial charge in [0.25, 0.3) is 0 Å². The molecule has 0 fully saturated rings. The first kappa shape index (κ1) is 14.3. The molecule has 114 valence electrons. The predicted octanol–water partition coefficient (Wildman–Crippen LogP) is 1.85. The lowest BCUT2D eigenvalue weighted by atomic mass is 10.1. The van der Waals surface area contributed by atoms with E-state index in [9.17, 15) is 4.79 Å². The summed E-state index contributed by atoms with van der Waals surface area (Å²) >= 11 is 0. The second kappa shape index (κ2) is 6.43. The summed E-state index contributed by atoms with van der Waals surface area (Å²) in [7, 11) is 1.85. The van der Waals surface area contributed by atoms with E-state index in [4.69, 9.17) is 0 Å². The molecule has 0 saturated heterocycles. The maximum atomic E-state index is 12.3. The second-order valence-electron chi connectivity index (χ2n) is 5.44. The molecule has 0 radical (unpaired) electrons. The smallest absolute Gasteiger partial charge is 0.226 e. The number of aromatic amines is 1. The number of fused-ring (bicyclic) bond motifs is 1. The number of aryl methyl sites for hydroxylation is 1. The highest BCUT2D eigenvalue weighted by molar-refractivity contribution is 5.82. The van der Waals surface area contributed by atoms with Gasteiger partial charge in [-0.1, -0.05) is 6.07 Å². The fourth-order valence-corrected chi connectivity index (χ4v) is 2.45. The monoisotopic (exact) mass is 297 g/mol. The van der Waals surface area contributed by atoms with Crippen molar-refractivity contribution in [2.45, 2.75) is 19.4 Å². The molecule has 0 aliphatic rings. The van der Waals surface area contributed by atoms with Gasteiger partial charge in [-0.3, -0.25) is 9.89 Å². The molecule has 0 unspecified atom stereocenters. The van der Waals surface area contributed by atoms with E-state index < -0.39 is 0 Å². The minimum Gasteiger partial charge on any atom is -0.345 e. The van der Waals surface area contributed by atoms with Crippen LogP contribution in [0.3, 0.4) is 0 Å². The number of carbonyl (C=O) groups excluding carboxylic acids is 1. The van der Waals surface area contributed by atoms with Crippen LogP contribution >= 0.6 is 0 Å². The summed E-state index contributed by atoms with van der Waals surface area (Å²) in [6.45, 7) is 1.61. The number of hydrogen-bond acceptors (Lipinski definition) is 3. The largest absolute Gasteiger partial charge is 0.345 e. The predicted molar refractivity (Wildman–Crippen MR) is 84.3 cm³/mol. The zero-order valence-corrected chi connectivity index (χ0v) is 12.6. The zero-order chi connectivity index (χ0) is 15.4. The summed E-state index contributed by atoms with van der Waals surface area (Å²) in [5, 5.41) is 7.94. The standard InChI is InChI=1S/C16H19N5O/c1-20(6-2-7-21-8-5-17-12-21)16(22)10-13-3-4-15-14(9-13)11-18-19-15/h3-5,8-9,11-12H,2,6-7,10H2,1H3,(H,18,19). The van der Waals surface area contributed by atoms with Crippen molar-refractivity contribution in [3.8, 4) is 0 Å². The van der Waals surface area contributed by atoms with Crippen LogP contribution < -0.4 is 0 Å². The van der Waals surface area contributed by atoms with Gasteiger partial charge in [0.1, 0.15) is 0 Å². The molecule has 22 heavy (non-hydrogen) atoms. The Balaban J connectivity index is 1.51. The molecule has 2 aromatic heterocycles. The Hall–Kier alpha value is -2.63. The summed E-state index contributed by atoms with van der Waals surface area (Å²) in [6, 6.07) is 5.94. The van der Waals surface area contributed by atoms with Gasteiger partial charge in [0.15, 0.2) is 0 Å². The number of benzene rings is 1. The Labute approximate surface area is 128 Å². The third-order valence-electron chi connectivity index (χ3n) is 3.75. The quantitative estimate of drug-likeness (QED) is 0.755. The number of rotatable bonds is 6. The average Bonchev–Trinajstić information content (AvgIpc) is 3.17. The molecule has 0 bridgehead atoms. The topological polar surface area (TPSA) is 66.8 Å². The molecular formula is C16H19N5O. The molecule has 6 nitrogen and oxygen atoms in total. The number of hydrogen-bond donors (Lipinski definition) is 1. The summed E-state index contributed by atoms with van der Waals surface area (Å²) in [5.74, 6) is 0.133. The first-order valence-electron chi connectivity index (χ1n) is 7.34. The van der Waals surface area contributed by atoms with Crippen LogP contribution in [-0.2, 0) is 17.8 Å². The van der Waals surface area contributed by atoms with E-state index in [-0.39, 0.29) is 5.91 Å². The van der Waals surface area contributed by atoms with Gasteiger partial charge < -0.3 is 9.47 Å². The molecule has 1 amide bonds. The van der Waals surface area contributed by atoms with E-state index in [1.54, 1.807) is 23.6 Å². The van der Waals surface area contributed by atoms with Gasteiger partial charge in [-0.05, 0) is 24.1 Å². The van der Waals surface area contributed by atoms with Gasteiger partial charge in [0, 0.05) is 37.9 Å². The maximum absolute atomic E-state index is 12.3. The second-order valence-corrected chi connectivity index (χ2v) is 5.44. The molecule has 6 heteroatoms. The third-order valence-corrected chi connectivity index (χ3v) is 3.75. The van der Waals surface area contributed by atoms with Crippen molar-refractivity contribution in [3.63, 3.8) is 0 Å². The molecule has 1 N–H and O–H groups in total. The Morgan fingerprint density at radius 1 is 1.41 bits per heavy atom. The molecule has 3 rings (SSSR count). The summed E-state index contributed by atoms with van der Waals surface area (Å²) in [5.41, 5.74) is 2.00. The average molecular weight is 297 g/mol. The first-order valence-corrected chi connectivity index (χ1v) is 7.34. The van der Waals surface area contributed by atoms with Gasteiger partial charge in [-0.15, -0.1) is 0 Å². The van der Waals surface area contributed by atoms with Crippen molar-refractivity contribution in [2.24, 2.45) is 0 Å². The van der Waals surface area contributed by atoms with Gasteiger partial charge in [-0.2, -0.15) is 5.10 Å². The summed E-state index contributed by atoms with van der Waals surface area (Å²) < 4.78 is 2.02. The number of imidazole rings is 1. The van der Waals surface area contributed by atoms with E-state index in [0.717, 1.165) is 36.0 Å². The minimum absolute atomic E-state index is 0.133. The van der Waals surface area contributed by atoms with Gasteiger partial charge >= 0.3 is 0 Å². The molecule has 0 saturated carbocycles. The van der Waals surface area contributed by atoms with Crippen LogP contribution in [0.15, 0.2) is 43.1 Å². The van der Waals surface area contributed by atoms with Crippen LogP contribution in [0.4, 0.5) is 0 Å². The van der Waals surface area contributed by atoms with E-state index in [0.29, 0.717) is 6.42 Å². The SMILES string of the molecule is CN(CCCn1ccnc1)C(=O)Cc1ccc2[nH]ncc2c1. The number of nitrogens with zero attached hydrogens (tertiary/aromatic N) is 4. The molecule has 0 spiro atoms. The van der Waals surface area contributed by atoms with Gasteiger partial charge in [0.2, 0.25) is 5.91 Å². The van der Waals surface area contributed by atoms with Crippen molar-refractivity contribution >= 4 is 16.8 Å². The molecule has 3 aromatic rings. The number of aromatic nitrogens is 4. The van der Waals surface area contributed by atoms with Gasteiger partial charge in [-0.25, -0.2) is 4.98 Å². The summed E-state index contributed by atoms with van der Waals surface area (Å²) in [4.78, 5) is 18.1. The number of H-pyrrole nitrogens is 1. The van der Waals surface area contributed by atoms with Crippen LogP contribution in [0.25, 0.3) is 10.9 Å². The highest BCUT2D eigenvalue weighted by Crippen LogP contribution is 2.13. The van der Waals surface area contributed by atoms with E-state index >= 15 is 0 Å². The van der Waals surface area contributed by atoms with Crippen LogP contribution in [0.1, 0.15) is 12.0 Å². The zero-order valence-electron chi connectivity index (χ0n) is 12.6. The number of carbonyl (C=O) groups is 1. The first-order chi connectivity index (χ1) is 10.7. The lowest BCUT2D eigenvalue weighted by Gasteiger charge is -2.17. The highest BCUT2D eigenvalue weighted by atomic mass is 16.2. The van der Waals surface area contributed by atoms with Crippen molar-refractivity contribution in [2.75, 3.05) is 13.6 Å². The fraction of sp³-hybridized carbons (Fsp3) is 0.312. The van der Waals surface area contributed by atoms with Crippen molar-refractivity contribution in [1.82, 2.24) is 24.6 Å². The Morgan fingerprint density at radius 2 is 2.32 bits per heavy atom. The Bertz CT molecular complexity index is 747. The summed E-state index contributed by atoms with van der Waals surface area (Å²) in [6.07, 6.45) is 8.60.